The fourth-order valence-electron chi connectivity index (χ4n) is 3.57. The Labute approximate surface area is 193 Å². The van der Waals surface area contributed by atoms with Gasteiger partial charge in [-0.25, -0.2) is 14.8 Å². The number of hydrogen-bond donors (Lipinski definition) is 2. The van der Waals surface area contributed by atoms with Crippen molar-refractivity contribution in [2.45, 2.75) is 13.5 Å². The number of rotatable bonds is 9. The van der Waals surface area contributed by atoms with Gasteiger partial charge < -0.3 is 24.5 Å². The Kier molecular flexibility index (Phi) is 6.42. The third kappa shape index (κ3) is 4.44. The second-order valence-corrected chi connectivity index (χ2v) is 8.00. The van der Waals surface area contributed by atoms with Crippen LogP contribution in [0.5, 0.6) is 11.5 Å². The van der Waals surface area contributed by atoms with Gasteiger partial charge in [-0.2, -0.15) is 5.26 Å². The molecule has 33 heavy (non-hydrogen) atoms. The molecule has 0 spiro atoms. The van der Waals surface area contributed by atoms with Crippen molar-refractivity contribution in [3.05, 3.63) is 53.3 Å². The number of benzene rings is 1. The zero-order chi connectivity index (χ0) is 23.4. The number of nitrogens with one attached hydrogen (secondary N) is 1. The zero-order valence-corrected chi connectivity index (χ0v) is 18.8. The zero-order valence-electron chi connectivity index (χ0n) is 18.0. The molecule has 3 aromatic heterocycles. The number of hydrogen-bond acceptors (Lipinski definition) is 8. The predicted molar refractivity (Wildman–Crippen MR) is 125 cm³/mol. The number of fused-ring (bicyclic) bond motifs is 1. The highest BCUT2D eigenvalue weighted by Gasteiger charge is 2.18. The summed E-state index contributed by atoms with van der Waals surface area (Å²) in [5.74, 6) is 0.609. The van der Waals surface area contributed by atoms with Crippen molar-refractivity contribution in [2.75, 3.05) is 25.6 Å². The summed E-state index contributed by atoms with van der Waals surface area (Å²) >= 11 is 1.11. The minimum Gasteiger partial charge on any atom is -0.496 e. The molecular formula is C23H21N5O4S. The van der Waals surface area contributed by atoms with Gasteiger partial charge in [-0.05, 0) is 25.1 Å². The lowest BCUT2D eigenvalue weighted by Crippen LogP contribution is -2.12. The van der Waals surface area contributed by atoms with Crippen molar-refractivity contribution in [1.82, 2.24) is 14.5 Å². The Balaban J connectivity index is 1.53. The van der Waals surface area contributed by atoms with Crippen molar-refractivity contribution >= 4 is 34.0 Å². The third-order valence-electron chi connectivity index (χ3n) is 4.99. The van der Waals surface area contributed by atoms with Crippen LogP contribution in [0, 0.1) is 11.3 Å². The van der Waals surface area contributed by atoms with Crippen LogP contribution >= 0.6 is 11.3 Å². The number of aromatic nitrogens is 3. The second-order valence-electron chi connectivity index (χ2n) is 6.94. The fraction of sp³-hybridized carbons (Fsp3) is 0.217. The van der Waals surface area contributed by atoms with Gasteiger partial charge in [-0.15, -0.1) is 11.3 Å². The van der Waals surface area contributed by atoms with Crippen molar-refractivity contribution in [3.63, 3.8) is 0 Å². The van der Waals surface area contributed by atoms with Crippen molar-refractivity contribution in [3.8, 4) is 28.1 Å². The van der Waals surface area contributed by atoms with E-state index in [4.69, 9.17) is 9.47 Å². The largest absolute Gasteiger partial charge is 0.496 e. The maximum Gasteiger partial charge on any atom is 0.349 e. The van der Waals surface area contributed by atoms with Crippen LogP contribution in [0.3, 0.4) is 0 Å². The van der Waals surface area contributed by atoms with E-state index in [-0.39, 0.29) is 4.88 Å². The Morgan fingerprint density at radius 1 is 1.27 bits per heavy atom. The molecule has 1 aromatic carbocycles. The van der Waals surface area contributed by atoms with Gasteiger partial charge in [0.15, 0.2) is 4.88 Å². The smallest absolute Gasteiger partial charge is 0.349 e. The number of carbonyl (C=O) groups is 1. The predicted octanol–water partition coefficient (Wildman–Crippen LogP) is 4.25. The standard InChI is InChI=1S/C23H21N5O4S/c1-3-32-19-11-20(33-22(19)23(29)30)16-10-21(27-13-26-16)25-7-8-28-14(12-24)9-15-17(28)5-4-6-18(15)31-2/h4-6,9-11,13H,3,7-8H2,1-2H3,(H,29,30)(H,25,26,27). The number of thiophene rings is 1. The monoisotopic (exact) mass is 463 g/mol. The molecule has 4 aromatic rings. The van der Waals surface area contributed by atoms with Gasteiger partial charge in [0.1, 0.15) is 35.4 Å². The van der Waals surface area contributed by atoms with E-state index < -0.39 is 5.97 Å². The van der Waals surface area contributed by atoms with Gasteiger partial charge in [0.25, 0.3) is 0 Å². The van der Waals surface area contributed by atoms with E-state index >= 15 is 0 Å². The molecule has 0 saturated heterocycles. The molecule has 0 unspecified atom stereocenters. The number of carboxylic acids is 1. The Morgan fingerprint density at radius 2 is 2.12 bits per heavy atom. The maximum absolute atomic E-state index is 11.5. The van der Waals surface area contributed by atoms with Crippen molar-refractivity contribution in [1.29, 1.82) is 5.26 Å². The van der Waals surface area contributed by atoms with Crippen LogP contribution in [0.1, 0.15) is 22.3 Å². The molecule has 10 heteroatoms. The quantitative estimate of drug-likeness (QED) is 0.378. The van der Waals surface area contributed by atoms with Crippen LogP contribution in [0.25, 0.3) is 21.5 Å². The van der Waals surface area contributed by atoms with Crippen LogP contribution in [0.15, 0.2) is 42.7 Å². The number of ether oxygens (including phenoxy) is 2. The number of nitriles is 1. The first kappa shape index (κ1) is 22.1. The number of nitrogens with zero attached hydrogens (tertiary/aromatic N) is 4. The summed E-state index contributed by atoms with van der Waals surface area (Å²) in [6.07, 6.45) is 1.43. The highest BCUT2D eigenvalue weighted by Crippen LogP contribution is 2.36. The molecule has 3 heterocycles. The van der Waals surface area contributed by atoms with E-state index in [1.54, 1.807) is 26.2 Å². The van der Waals surface area contributed by atoms with E-state index in [1.807, 2.05) is 28.8 Å². The first-order chi connectivity index (χ1) is 16.0. The molecule has 0 bridgehead atoms. The summed E-state index contributed by atoms with van der Waals surface area (Å²) in [6.45, 7) is 3.23. The summed E-state index contributed by atoms with van der Waals surface area (Å²) in [6, 6.07) is 13.2. The topological polar surface area (TPSA) is 122 Å². The van der Waals surface area contributed by atoms with Crippen LogP contribution in [-0.2, 0) is 6.54 Å². The van der Waals surface area contributed by atoms with E-state index in [2.05, 4.69) is 21.4 Å². The lowest BCUT2D eigenvalue weighted by Gasteiger charge is -2.10. The molecule has 0 aliphatic carbocycles. The summed E-state index contributed by atoms with van der Waals surface area (Å²) in [5.41, 5.74) is 2.06. The van der Waals surface area contributed by atoms with Crippen LogP contribution in [-0.4, -0.2) is 45.9 Å². The average molecular weight is 464 g/mol. The first-order valence-electron chi connectivity index (χ1n) is 10.2. The molecule has 0 aliphatic heterocycles. The Hall–Kier alpha value is -4.10. The van der Waals surface area contributed by atoms with E-state index in [0.717, 1.165) is 28.0 Å². The SMILES string of the molecule is CCOc1cc(-c2cc(NCCn3c(C#N)cc4c(OC)cccc43)ncn2)sc1C(=O)O. The summed E-state index contributed by atoms with van der Waals surface area (Å²) in [5, 5.41) is 23.1. The molecule has 0 amide bonds. The molecule has 0 saturated carbocycles. The number of carboxylic acid groups (broad SMARTS) is 1. The maximum atomic E-state index is 11.5. The molecule has 9 nitrogen and oxygen atoms in total. The number of aromatic carboxylic acids is 1. The van der Waals surface area contributed by atoms with Crippen LogP contribution in [0.2, 0.25) is 0 Å². The molecule has 168 valence electrons. The Bertz CT molecular complexity index is 1350. The molecule has 4 rings (SSSR count). The van der Waals surface area contributed by atoms with E-state index in [1.165, 1.54) is 6.33 Å². The normalized spacial score (nSPS) is 10.7. The highest BCUT2D eigenvalue weighted by molar-refractivity contribution is 7.17. The summed E-state index contributed by atoms with van der Waals surface area (Å²) in [4.78, 5) is 20.9. The van der Waals surface area contributed by atoms with E-state index in [0.29, 0.717) is 47.5 Å². The van der Waals surface area contributed by atoms with Crippen LogP contribution in [0.4, 0.5) is 5.82 Å². The summed E-state index contributed by atoms with van der Waals surface area (Å²) in [7, 11) is 1.61. The van der Waals surface area contributed by atoms with Gasteiger partial charge in [0.2, 0.25) is 0 Å². The molecule has 2 N–H and O–H groups in total. The molecule has 0 atom stereocenters. The van der Waals surface area contributed by atoms with Crippen molar-refractivity contribution < 1.29 is 19.4 Å². The summed E-state index contributed by atoms with van der Waals surface area (Å²) < 4.78 is 12.8. The lowest BCUT2D eigenvalue weighted by molar-refractivity contribution is 0.0698. The van der Waals surface area contributed by atoms with Gasteiger partial charge in [0, 0.05) is 30.6 Å². The second kappa shape index (κ2) is 9.58. The van der Waals surface area contributed by atoms with E-state index in [9.17, 15) is 15.2 Å². The number of methoxy groups -OCH3 is 1. The van der Waals surface area contributed by atoms with Gasteiger partial charge >= 0.3 is 5.97 Å². The van der Waals surface area contributed by atoms with Crippen LogP contribution < -0.4 is 14.8 Å². The lowest BCUT2D eigenvalue weighted by atomic mass is 10.2. The minimum absolute atomic E-state index is 0.138. The first-order valence-corrected chi connectivity index (χ1v) is 11.0. The average Bonchev–Trinajstić information content (AvgIpc) is 3.41. The third-order valence-corrected chi connectivity index (χ3v) is 6.12. The number of anilines is 1. The van der Waals surface area contributed by atoms with Gasteiger partial charge in [-0.3, -0.25) is 0 Å². The minimum atomic E-state index is -1.04. The molecular weight excluding hydrogens is 442 g/mol. The Morgan fingerprint density at radius 3 is 2.85 bits per heavy atom. The fourth-order valence-corrected chi connectivity index (χ4v) is 4.47. The molecule has 0 fully saturated rings. The molecule has 0 aliphatic rings. The van der Waals surface area contributed by atoms with Gasteiger partial charge in [-0.1, -0.05) is 6.07 Å². The van der Waals surface area contributed by atoms with Gasteiger partial charge in [0.05, 0.1) is 29.8 Å². The highest BCUT2D eigenvalue weighted by atomic mass is 32.1. The van der Waals surface area contributed by atoms with Crippen molar-refractivity contribution in [2.24, 2.45) is 0 Å². The molecule has 0 radical (unpaired) electrons.